The number of benzene rings is 1. The lowest BCUT2D eigenvalue weighted by Crippen LogP contribution is -2.15. The van der Waals surface area contributed by atoms with Crippen LogP contribution in [-0.2, 0) is 4.74 Å². The van der Waals surface area contributed by atoms with E-state index in [1.54, 1.807) is 36.7 Å². The number of anilines is 1. The molecule has 8 heteroatoms. The predicted molar refractivity (Wildman–Crippen MR) is 81.3 cm³/mol. The lowest BCUT2D eigenvalue weighted by molar-refractivity contribution is 0.0600. The Bertz CT molecular complexity index is 870. The molecule has 1 amide bonds. The van der Waals surface area contributed by atoms with E-state index in [0.717, 1.165) is 5.56 Å². The number of fused-ring (bicyclic) bond motifs is 1. The van der Waals surface area contributed by atoms with Gasteiger partial charge in [-0.1, -0.05) is 6.07 Å². The maximum absolute atomic E-state index is 12.3. The number of ether oxygens (including phenoxy) is 1. The van der Waals surface area contributed by atoms with E-state index in [1.807, 2.05) is 6.92 Å². The molecule has 0 atom stereocenters. The average molecular weight is 311 g/mol. The van der Waals surface area contributed by atoms with Crippen molar-refractivity contribution in [2.45, 2.75) is 6.92 Å². The number of carbonyl (C=O) groups excluding carboxylic acids is 2. The number of aromatic nitrogens is 4. The minimum absolute atomic E-state index is 0.00780. The van der Waals surface area contributed by atoms with Gasteiger partial charge >= 0.3 is 5.97 Å². The summed E-state index contributed by atoms with van der Waals surface area (Å²) in [7, 11) is 1.30. The van der Waals surface area contributed by atoms with Crippen LogP contribution in [0.3, 0.4) is 0 Å². The minimum Gasteiger partial charge on any atom is -0.465 e. The zero-order chi connectivity index (χ0) is 16.4. The normalized spacial score (nSPS) is 10.5. The Hall–Kier alpha value is -3.29. The van der Waals surface area contributed by atoms with Crippen LogP contribution in [0.2, 0.25) is 0 Å². The highest BCUT2D eigenvalue weighted by molar-refractivity contribution is 6.03. The van der Waals surface area contributed by atoms with E-state index in [1.165, 1.54) is 11.6 Å². The molecule has 0 bridgehead atoms. The molecule has 0 spiro atoms. The van der Waals surface area contributed by atoms with Crippen LogP contribution in [0.4, 0.5) is 5.69 Å². The van der Waals surface area contributed by atoms with Gasteiger partial charge in [-0.05, 0) is 30.7 Å². The number of carbonyl (C=O) groups is 2. The maximum atomic E-state index is 12.3. The Kier molecular flexibility index (Phi) is 3.71. The van der Waals surface area contributed by atoms with Gasteiger partial charge < -0.3 is 10.1 Å². The number of hydrogen-bond donors (Lipinski definition) is 1. The number of nitrogens with zero attached hydrogens (tertiary/aromatic N) is 4. The highest BCUT2D eigenvalue weighted by atomic mass is 16.5. The number of rotatable bonds is 3. The van der Waals surface area contributed by atoms with Crippen LogP contribution in [0.25, 0.3) is 5.78 Å². The molecule has 8 nitrogen and oxygen atoms in total. The lowest BCUT2D eigenvalue weighted by Gasteiger charge is -2.08. The zero-order valence-electron chi connectivity index (χ0n) is 12.5. The van der Waals surface area contributed by atoms with Crippen molar-refractivity contribution >= 4 is 23.3 Å². The van der Waals surface area contributed by atoms with Crippen LogP contribution in [0.15, 0.2) is 36.7 Å². The van der Waals surface area contributed by atoms with Crippen molar-refractivity contribution in [1.29, 1.82) is 0 Å². The first-order valence-corrected chi connectivity index (χ1v) is 6.76. The van der Waals surface area contributed by atoms with Gasteiger partial charge in [0.05, 0.1) is 12.7 Å². The molecule has 0 fully saturated rings. The Balaban J connectivity index is 1.88. The van der Waals surface area contributed by atoms with Crippen LogP contribution < -0.4 is 5.32 Å². The molecule has 2 heterocycles. The molecule has 2 aromatic heterocycles. The van der Waals surface area contributed by atoms with Crippen molar-refractivity contribution in [1.82, 2.24) is 19.6 Å². The van der Waals surface area contributed by atoms with Crippen molar-refractivity contribution in [2.75, 3.05) is 12.4 Å². The number of hydrogen-bond acceptors (Lipinski definition) is 6. The third-order valence-corrected chi connectivity index (χ3v) is 3.23. The summed E-state index contributed by atoms with van der Waals surface area (Å²) in [4.78, 5) is 31.9. The van der Waals surface area contributed by atoms with Crippen molar-refractivity contribution in [2.24, 2.45) is 0 Å². The van der Waals surface area contributed by atoms with Crippen LogP contribution in [0.5, 0.6) is 0 Å². The summed E-state index contributed by atoms with van der Waals surface area (Å²) in [6, 6.07) is 6.59. The maximum Gasteiger partial charge on any atom is 0.337 e. The molecule has 0 unspecified atom stereocenters. The van der Waals surface area contributed by atoms with Crippen LogP contribution >= 0.6 is 0 Å². The Labute approximate surface area is 131 Å². The molecule has 3 rings (SSSR count). The molecule has 0 saturated heterocycles. The van der Waals surface area contributed by atoms with E-state index in [9.17, 15) is 9.59 Å². The second kappa shape index (κ2) is 5.84. The summed E-state index contributed by atoms with van der Waals surface area (Å²) in [6.07, 6.45) is 3.21. The van der Waals surface area contributed by atoms with Gasteiger partial charge in [-0.15, -0.1) is 5.10 Å². The molecule has 1 N–H and O–H groups in total. The molecular formula is C15H13N5O3. The second-order valence-corrected chi connectivity index (χ2v) is 4.78. The van der Waals surface area contributed by atoms with Crippen molar-refractivity contribution in [3.63, 3.8) is 0 Å². The number of esters is 1. The number of methoxy groups -OCH3 is 1. The van der Waals surface area contributed by atoms with Crippen LogP contribution in [0, 0.1) is 6.92 Å². The Morgan fingerprint density at radius 2 is 2.13 bits per heavy atom. The quantitative estimate of drug-likeness (QED) is 0.735. The Morgan fingerprint density at radius 1 is 1.30 bits per heavy atom. The monoisotopic (exact) mass is 311 g/mol. The van der Waals surface area contributed by atoms with Crippen LogP contribution in [-0.4, -0.2) is 38.6 Å². The molecule has 116 valence electrons. The summed E-state index contributed by atoms with van der Waals surface area (Å²) >= 11 is 0. The summed E-state index contributed by atoms with van der Waals surface area (Å²) in [5.74, 6) is -0.638. The van der Waals surface area contributed by atoms with Gasteiger partial charge in [-0.3, -0.25) is 4.79 Å². The number of aryl methyl sites for hydroxylation is 1. The average Bonchev–Trinajstić information content (AvgIpc) is 3.00. The first-order valence-electron chi connectivity index (χ1n) is 6.76. The molecule has 1 aromatic carbocycles. The second-order valence-electron chi connectivity index (χ2n) is 4.78. The van der Waals surface area contributed by atoms with E-state index in [4.69, 9.17) is 0 Å². The first kappa shape index (κ1) is 14.6. The molecule has 0 aliphatic heterocycles. The van der Waals surface area contributed by atoms with Crippen molar-refractivity contribution in [3.8, 4) is 0 Å². The topological polar surface area (TPSA) is 98.5 Å². The predicted octanol–water partition coefficient (Wildman–Crippen LogP) is 1.47. The summed E-state index contributed by atoms with van der Waals surface area (Å²) < 4.78 is 6.08. The highest BCUT2D eigenvalue weighted by Gasteiger charge is 2.16. The van der Waals surface area contributed by atoms with Gasteiger partial charge in [0.1, 0.15) is 0 Å². The zero-order valence-corrected chi connectivity index (χ0v) is 12.5. The lowest BCUT2D eigenvalue weighted by atomic mass is 10.1. The highest BCUT2D eigenvalue weighted by Crippen LogP contribution is 2.18. The van der Waals surface area contributed by atoms with Gasteiger partial charge in [0.25, 0.3) is 11.7 Å². The molecule has 0 aliphatic carbocycles. The fraction of sp³-hybridized carbons (Fsp3) is 0.133. The molecule has 23 heavy (non-hydrogen) atoms. The van der Waals surface area contributed by atoms with E-state index in [0.29, 0.717) is 17.0 Å². The molecule has 0 radical (unpaired) electrons. The molecule has 0 saturated carbocycles. The van der Waals surface area contributed by atoms with Gasteiger partial charge in [-0.2, -0.15) is 4.98 Å². The van der Waals surface area contributed by atoms with Gasteiger partial charge in [0.15, 0.2) is 0 Å². The summed E-state index contributed by atoms with van der Waals surface area (Å²) in [6.45, 7) is 1.81. The Morgan fingerprint density at radius 3 is 2.87 bits per heavy atom. The molecule has 0 aliphatic rings. The van der Waals surface area contributed by atoms with Crippen LogP contribution in [0.1, 0.15) is 26.5 Å². The number of nitrogens with one attached hydrogen (secondary N) is 1. The van der Waals surface area contributed by atoms with Gasteiger partial charge in [0, 0.05) is 18.1 Å². The fourth-order valence-corrected chi connectivity index (χ4v) is 2.01. The molecular weight excluding hydrogens is 298 g/mol. The van der Waals surface area contributed by atoms with E-state index >= 15 is 0 Å². The van der Waals surface area contributed by atoms with Gasteiger partial charge in [0.2, 0.25) is 5.82 Å². The van der Waals surface area contributed by atoms with Crippen molar-refractivity contribution < 1.29 is 14.3 Å². The van der Waals surface area contributed by atoms with E-state index < -0.39 is 11.9 Å². The van der Waals surface area contributed by atoms with E-state index in [2.05, 4.69) is 25.1 Å². The first-order chi connectivity index (χ1) is 11.1. The molecule has 3 aromatic rings. The summed E-state index contributed by atoms with van der Waals surface area (Å²) in [5.41, 5.74) is 1.63. The third kappa shape index (κ3) is 2.86. The fourth-order valence-electron chi connectivity index (χ4n) is 2.01. The van der Waals surface area contributed by atoms with Gasteiger partial charge in [-0.25, -0.2) is 14.3 Å². The van der Waals surface area contributed by atoms with E-state index in [-0.39, 0.29) is 5.82 Å². The number of amides is 1. The third-order valence-electron chi connectivity index (χ3n) is 3.23. The van der Waals surface area contributed by atoms with Crippen molar-refractivity contribution in [3.05, 3.63) is 53.6 Å². The summed E-state index contributed by atoms with van der Waals surface area (Å²) in [5, 5.41) is 6.75. The minimum atomic E-state index is -0.486. The largest absolute Gasteiger partial charge is 0.465 e. The SMILES string of the molecule is COC(=O)c1ccc(C)c(NC(=O)c2nc3ncccn3n2)c1. The smallest absolute Gasteiger partial charge is 0.337 e. The standard InChI is InChI=1S/C15H13N5O3/c1-9-4-5-10(14(22)23-2)8-11(9)17-13(21)12-18-15-16-6-3-7-20(15)19-12/h3-8H,1-2H3,(H,17,21).